The molecule has 1 saturated carbocycles. The molecule has 0 unspecified atom stereocenters. The Morgan fingerprint density at radius 2 is 1.85 bits per heavy atom. The van der Waals surface area contributed by atoms with E-state index in [2.05, 4.69) is 5.32 Å². The quantitative estimate of drug-likeness (QED) is 0.836. The maximum Gasteiger partial charge on any atom is 0.308 e. The zero-order valence-corrected chi connectivity index (χ0v) is 14.9. The minimum atomic E-state index is -0.903. The number of nitrogens with one attached hydrogen (secondary N) is 1. The Morgan fingerprint density at radius 3 is 2.54 bits per heavy atom. The number of para-hydroxylation sites is 1. The molecule has 2 aromatic carbocycles. The van der Waals surface area contributed by atoms with Crippen LogP contribution in [0.25, 0.3) is 0 Å². The molecular formula is C20H20ClNO4. The van der Waals surface area contributed by atoms with E-state index in [1.165, 1.54) is 0 Å². The number of rotatable bonds is 5. The van der Waals surface area contributed by atoms with Gasteiger partial charge in [0.05, 0.1) is 5.92 Å². The van der Waals surface area contributed by atoms with Crippen LogP contribution in [0.3, 0.4) is 0 Å². The fraction of sp³-hybridized carbons (Fsp3) is 0.300. The summed E-state index contributed by atoms with van der Waals surface area (Å²) >= 11 is 5.93. The summed E-state index contributed by atoms with van der Waals surface area (Å²) in [5.74, 6) is -1.12. The van der Waals surface area contributed by atoms with Crippen LogP contribution >= 0.6 is 11.6 Å². The van der Waals surface area contributed by atoms with E-state index in [4.69, 9.17) is 16.3 Å². The van der Waals surface area contributed by atoms with Gasteiger partial charge in [-0.05, 0) is 43.2 Å². The van der Waals surface area contributed by atoms with Gasteiger partial charge >= 0.3 is 5.97 Å². The SMILES string of the molecule is O=C(N[C@H]1C[C@H](Oc2ccccc2)CC[C@H]1C(=O)O)c1cccc(Cl)c1. The zero-order valence-electron chi connectivity index (χ0n) is 14.1. The van der Waals surface area contributed by atoms with E-state index in [0.717, 1.165) is 5.75 Å². The predicted octanol–water partition coefficient (Wildman–Crippen LogP) is 3.77. The van der Waals surface area contributed by atoms with Crippen LogP contribution in [0.2, 0.25) is 5.02 Å². The molecule has 5 nitrogen and oxygen atoms in total. The molecule has 0 aliphatic heterocycles. The molecule has 0 spiro atoms. The monoisotopic (exact) mass is 373 g/mol. The minimum Gasteiger partial charge on any atom is -0.490 e. The number of aliphatic carboxylic acids is 1. The van der Waals surface area contributed by atoms with Crippen molar-refractivity contribution in [2.45, 2.75) is 31.4 Å². The lowest BCUT2D eigenvalue weighted by atomic mass is 9.82. The molecule has 3 rings (SSSR count). The van der Waals surface area contributed by atoms with Gasteiger partial charge in [0.15, 0.2) is 0 Å². The van der Waals surface area contributed by atoms with Crippen LogP contribution in [0.1, 0.15) is 29.6 Å². The van der Waals surface area contributed by atoms with Crippen LogP contribution in [0.5, 0.6) is 5.75 Å². The van der Waals surface area contributed by atoms with Gasteiger partial charge in [0.25, 0.3) is 5.91 Å². The summed E-state index contributed by atoms with van der Waals surface area (Å²) in [5.41, 5.74) is 0.410. The summed E-state index contributed by atoms with van der Waals surface area (Å²) in [4.78, 5) is 24.1. The summed E-state index contributed by atoms with van der Waals surface area (Å²) in [5, 5.41) is 12.8. The molecular weight excluding hydrogens is 354 g/mol. The van der Waals surface area contributed by atoms with Crippen molar-refractivity contribution in [2.24, 2.45) is 5.92 Å². The number of halogens is 1. The number of hydrogen-bond acceptors (Lipinski definition) is 3. The molecule has 1 aliphatic carbocycles. The number of benzene rings is 2. The summed E-state index contributed by atoms with van der Waals surface area (Å²) in [7, 11) is 0. The molecule has 0 bridgehead atoms. The molecule has 0 aromatic heterocycles. The van der Waals surface area contributed by atoms with Crippen molar-refractivity contribution in [3.8, 4) is 5.75 Å². The molecule has 26 heavy (non-hydrogen) atoms. The Kier molecular flexibility index (Phi) is 5.78. The van der Waals surface area contributed by atoms with Crippen LogP contribution in [0, 0.1) is 5.92 Å². The highest BCUT2D eigenvalue weighted by Crippen LogP contribution is 2.29. The Hall–Kier alpha value is -2.53. The molecule has 6 heteroatoms. The number of carbonyl (C=O) groups is 2. The van der Waals surface area contributed by atoms with E-state index in [0.29, 0.717) is 29.8 Å². The lowest BCUT2D eigenvalue weighted by Gasteiger charge is -2.34. The summed E-state index contributed by atoms with van der Waals surface area (Å²) in [6, 6.07) is 15.5. The Morgan fingerprint density at radius 1 is 1.08 bits per heavy atom. The number of hydrogen-bond donors (Lipinski definition) is 2. The highest BCUT2D eigenvalue weighted by molar-refractivity contribution is 6.30. The second kappa shape index (κ2) is 8.23. The van der Waals surface area contributed by atoms with Crippen molar-refractivity contribution in [3.05, 3.63) is 65.2 Å². The lowest BCUT2D eigenvalue weighted by Crippen LogP contribution is -2.49. The maximum absolute atomic E-state index is 12.5. The van der Waals surface area contributed by atoms with E-state index < -0.39 is 17.9 Å². The standard InChI is InChI=1S/C20H20ClNO4/c21-14-6-4-5-13(11-14)19(23)22-18-12-16(9-10-17(18)20(24)25)26-15-7-2-1-3-8-15/h1-8,11,16-18H,9-10,12H2,(H,22,23)(H,24,25)/t16-,17-,18+/m1/s1. The van der Waals surface area contributed by atoms with Gasteiger partial charge in [-0.1, -0.05) is 35.9 Å². The molecule has 0 heterocycles. The van der Waals surface area contributed by atoms with Gasteiger partial charge in [-0.25, -0.2) is 0 Å². The van der Waals surface area contributed by atoms with Crippen LogP contribution in [-0.2, 0) is 4.79 Å². The number of ether oxygens (including phenoxy) is 1. The van der Waals surface area contributed by atoms with Gasteiger partial charge in [0.2, 0.25) is 0 Å². The first-order valence-corrected chi connectivity index (χ1v) is 8.91. The summed E-state index contributed by atoms with van der Waals surface area (Å²) in [6.07, 6.45) is 1.39. The third-order valence-corrected chi connectivity index (χ3v) is 4.80. The van der Waals surface area contributed by atoms with E-state index in [9.17, 15) is 14.7 Å². The molecule has 136 valence electrons. The molecule has 0 saturated heterocycles. The van der Waals surface area contributed by atoms with E-state index >= 15 is 0 Å². The largest absolute Gasteiger partial charge is 0.490 e. The number of carboxylic acid groups (broad SMARTS) is 1. The molecule has 1 amide bonds. The first-order chi connectivity index (χ1) is 12.5. The normalized spacial score (nSPS) is 22.4. The van der Waals surface area contributed by atoms with Crippen LogP contribution in [-0.4, -0.2) is 29.1 Å². The maximum atomic E-state index is 12.5. The molecule has 3 atom stereocenters. The fourth-order valence-corrected chi connectivity index (χ4v) is 3.46. The van der Waals surface area contributed by atoms with Crippen molar-refractivity contribution >= 4 is 23.5 Å². The third-order valence-electron chi connectivity index (χ3n) is 4.57. The van der Waals surface area contributed by atoms with Gasteiger partial charge in [-0.2, -0.15) is 0 Å². The van der Waals surface area contributed by atoms with Crippen molar-refractivity contribution in [3.63, 3.8) is 0 Å². The number of amides is 1. The van der Waals surface area contributed by atoms with Crippen LogP contribution < -0.4 is 10.1 Å². The van der Waals surface area contributed by atoms with Crippen LogP contribution in [0.4, 0.5) is 0 Å². The topological polar surface area (TPSA) is 75.6 Å². The highest BCUT2D eigenvalue weighted by Gasteiger charge is 2.37. The van der Waals surface area contributed by atoms with Gasteiger partial charge in [-0.3, -0.25) is 9.59 Å². The van der Waals surface area contributed by atoms with Crippen LogP contribution in [0.15, 0.2) is 54.6 Å². The smallest absolute Gasteiger partial charge is 0.308 e. The van der Waals surface area contributed by atoms with Crippen molar-refractivity contribution in [1.82, 2.24) is 5.32 Å². The van der Waals surface area contributed by atoms with E-state index in [1.807, 2.05) is 30.3 Å². The molecule has 1 aliphatic rings. The van der Waals surface area contributed by atoms with E-state index in [-0.39, 0.29) is 12.0 Å². The van der Waals surface area contributed by atoms with Gasteiger partial charge in [0.1, 0.15) is 11.9 Å². The van der Waals surface area contributed by atoms with Gasteiger partial charge in [0, 0.05) is 23.0 Å². The first-order valence-electron chi connectivity index (χ1n) is 8.54. The van der Waals surface area contributed by atoms with Gasteiger partial charge < -0.3 is 15.2 Å². The summed E-state index contributed by atoms with van der Waals surface area (Å²) < 4.78 is 5.95. The zero-order chi connectivity index (χ0) is 18.5. The molecule has 2 N–H and O–H groups in total. The fourth-order valence-electron chi connectivity index (χ4n) is 3.27. The van der Waals surface area contributed by atoms with Crippen molar-refractivity contribution in [2.75, 3.05) is 0 Å². The predicted molar refractivity (Wildman–Crippen MR) is 98.5 cm³/mol. The second-order valence-electron chi connectivity index (χ2n) is 6.40. The summed E-state index contributed by atoms with van der Waals surface area (Å²) in [6.45, 7) is 0. The van der Waals surface area contributed by atoms with Gasteiger partial charge in [-0.15, -0.1) is 0 Å². The molecule has 1 fully saturated rings. The Balaban J connectivity index is 1.70. The average Bonchev–Trinajstić information content (AvgIpc) is 2.62. The Bertz CT molecular complexity index is 780. The first kappa shape index (κ1) is 18.3. The van der Waals surface area contributed by atoms with Crippen molar-refractivity contribution < 1.29 is 19.4 Å². The molecule has 2 aromatic rings. The number of carboxylic acids is 1. The number of carbonyl (C=O) groups excluding carboxylic acids is 1. The third kappa shape index (κ3) is 4.55. The second-order valence-corrected chi connectivity index (χ2v) is 6.84. The van der Waals surface area contributed by atoms with E-state index in [1.54, 1.807) is 24.3 Å². The lowest BCUT2D eigenvalue weighted by molar-refractivity contribution is -0.144. The Labute approximate surface area is 156 Å². The van der Waals surface area contributed by atoms with Crippen molar-refractivity contribution in [1.29, 1.82) is 0 Å². The minimum absolute atomic E-state index is 0.141. The average molecular weight is 374 g/mol. The molecule has 0 radical (unpaired) electrons. The highest BCUT2D eigenvalue weighted by atomic mass is 35.5.